The molecule has 0 aliphatic heterocycles. The lowest BCUT2D eigenvalue weighted by molar-refractivity contribution is 0.0696. The van der Waals surface area contributed by atoms with Gasteiger partial charge in [-0.3, -0.25) is 4.98 Å². The van der Waals surface area contributed by atoms with Gasteiger partial charge in [0, 0.05) is 6.20 Å². The van der Waals surface area contributed by atoms with Crippen LogP contribution in [0.25, 0.3) is 5.69 Å². The Labute approximate surface area is 118 Å². The lowest BCUT2D eigenvalue weighted by atomic mass is 10.3. The predicted octanol–water partition coefficient (Wildman–Crippen LogP) is 1.55. The van der Waals surface area contributed by atoms with Crippen molar-refractivity contribution in [3.63, 3.8) is 0 Å². The van der Waals surface area contributed by atoms with Gasteiger partial charge in [0.1, 0.15) is 5.75 Å². The molecule has 1 N–H and O–H groups in total. The number of ether oxygens (including phenoxy) is 1. The van der Waals surface area contributed by atoms with Crippen LogP contribution in [0.2, 0.25) is 0 Å². The van der Waals surface area contributed by atoms with E-state index in [2.05, 4.69) is 20.5 Å². The van der Waals surface area contributed by atoms with Crippen LogP contribution >= 0.6 is 0 Å². The third-order valence-electron chi connectivity index (χ3n) is 2.61. The Morgan fingerprint density at radius 2 is 2.00 bits per heavy atom. The van der Waals surface area contributed by atoms with Crippen LogP contribution in [0.3, 0.4) is 0 Å². The number of tetrazole rings is 1. The molecule has 3 aromatic rings. The third kappa shape index (κ3) is 2.68. The maximum Gasteiger partial charge on any atom is 0.345 e. The molecule has 0 amide bonds. The molecule has 21 heavy (non-hydrogen) atoms. The molecule has 0 saturated heterocycles. The number of carboxylic acids is 1. The minimum Gasteiger partial charge on any atom is -0.478 e. The molecule has 0 fully saturated rings. The standard InChI is InChI=1S/C13H9N5O3/c19-12(20)9-6-11(8-14-7-9)21-13-15-16-17-18(13)10-4-2-1-3-5-10/h1-8H,(H,19,20). The number of benzene rings is 1. The molecule has 8 nitrogen and oxygen atoms in total. The molecular formula is C13H9N5O3. The van der Waals surface area contributed by atoms with E-state index in [1.807, 2.05) is 30.3 Å². The van der Waals surface area contributed by atoms with Gasteiger partial charge in [0.15, 0.2) is 0 Å². The summed E-state index contributed by atoms with van der Waals surface area (Å²) >= 11 is 0. The molecule has 8 heteroatoms. The average Bonchev–Trinajstić information content (AvgIpc) is 2.96. The van der Waals surface area contributed by atoms with E-state index in [0.29, 0.717) is 0 Å². The first kappa shape index (κ1) is 12.7. The summed E-state index contributed by atoms with van der Waals surface area (Å²) in [6.45, 7) is 0. The van der Waals surface area contributed by atoms with Crippen LogP contribution in [0.1, 0.15) is 10.4 Å². The Balaban J connectivity index is 1.92. The highest BCUT2D eigenvalue weighted by atomic mass is 16.5. The fourth-order valence-electron chi connectivity index (χ4n) is 1.67. The maximum atomic E-state index is 10.9. The molecule has 3 rings (SSSR count). The summed E-state index contributed by atoms with van der Waals surface area (Å²) in [5.74, 6) is -0.850. The van der Waals surface area contributed by atoms with Crippen LogP contribution in [-0.2, 0) is 0 Å². The number of para-hydroxylation sites is 1. The fraction of sp³-hybridized carbons (Fsp3) is 0. The average molecular weight is 283 g/mol. The summed E-state index contributed by atoms with van der Waals surface area (Å²) in [5.41, 5.74) is 0.742. The van der Waals surface area contributed by atoms with Crippen molar-refractivity contribution >= 4 is 5.97 Å². The lowest BCUT2D eigenvalue weighted by Crippen LogP contribution is -2.01. The Hall–Kier alpha value is -3.29. The highest BCUT2D eigenvalue weighted by Gasteiger charge is 2.12. The number of pyridine rings is 1. The van der Waals surface area contributed by atoms with Crippen LogP contribution in [0.5, 0.6) is 11.8 Å². The van der Waals surface area contributed by atoms with Crippen molar-refractivity contribution in [2.75, 3.05) is 0 Å². The molecular weight excluding hydrogens is 274 g/mol. The van der Waals surface area contributed by atoms with E-state index in [9.17, 15) is 4.79 Å². The SMILES string of the molecule is O=C(O)c1cncc(Oc2nnnn2-c2ccccc2)c1. The minimum absolute atomic E-state index is 0.0197. The van der Waals surface area contributed by atoms with E-state index >= 15 is 0 Å². The van der Waals surface area contributed by atoms with Crippen LogP contribution in [0.15, 0.2) is 48.8 Å². The van der Waals surface area contributed by atoms with Crippen molar-refractivity contribution in [2.24, 2.45) is 0 Å². The van der Waals surface area contributed by atoms with E-state index in [4.69, 9.17) is 9.84 Å². The van der Waals surface area contributed by atoms with Crippen molar-refractivity contribution < 1.29 is 14.6 Å². The largest absolute Gasteiger partial charge is 0.478 e. The van der Waals surface area contributed by atoms with Gasteiger partial charge in [-0.1, -0.05) is 23.3 Å². The van der Waals surface area contributed by atoms with Gasteiger partial charge in [-0.15, -0.1) is 0 Å². The second-order valence-electron chi connectivity index (χ2n) is 4.03. The normalized spacial score (nSPS) is 10.3. The second-order valence-corrected chi connectivity index (χ2v) is 4.03. The van der Waals surface area contributed by atoms with Gasteiger partial charge in [0.25, 0.3) is 0 Å². The zero-order chi connectivity index (χ0) is 14.7. The van der Waals surface area contributed by atoms with Gasteiger partial charge < -0.3 is 9.84 Å². The molecule has 2 heterocycles. The first-order valence-electron chi connectivity index (χ1n) is 5.94. The van der Waals surface area contributed by atoms with Crippen molar-refractivity contribution in [1.29, 1.82) is 0 Å². The number of aromatic carboxylic acids is 1. The van der Waals surface area contributed by atoms with E-state index < -0.39 is 5.97 Å². The summed E-state index contributed by atoms with van der Waals surface area (Å²) in [7, 11) is 0. The molecule has 0 unspecified atom stereocenters. The fourth-order valence-corrected chi connectivity index (χ4v) is 1.67. The van der Waals surface area contributed by atoms with Gasteiger partial charge in [0.2, 0.25) is 0 Å². The number of nitrogens with zero attached hydrogens (tertiary/aromatic N) is 5. The zero-order valence-corrected chi connectivity index (χ0v) is 10.6. The summed E-state index contributed by atoms with van der Waals surface area (Å²) in [4.78, 5) is 14.7. The molecule has 0 atom stereocenters. The van der Waals surface area contributed by atoms with E-state index in [0.717, 1.165) is 5.69 Å². The van der Waals surface area contributed by atoms with Crippen molar-refractivity contribution in [3.8, 4) is 17.4 Å². The maximum absolute atomic E-state index is 10.9. The molecule has 0 spiro atoms. The number of aromatic nitrogens is 5. The first-order chi connectivity index (χ1) is 10.2. The van der Waals surface area contributed by atoms with Gasteiger partial charge in [-0.05, 0) is 28.6 Å². The first-order valence-corrected chi connectivity index (χ1v) is 5.94. The second kappa shape index (κ2) is 5.37. The quantitative estimate of drug-likeness (QED) is 0.774. The van der Waals surface area contributed by atoms with E-state index in [1.165, 1.54) is 23.1 Å². The van der Waals surface area contributed by atoms with E-state index in [1.54, 1.807) is 0 Å². The molecule has 0 aliphatic carbocycles. The zero-order valence-electron chi connectivity index (χ0n) is 10.6. The number of rotatable bonds is 4. The molecule has 0 aliphatic rings. The van der Waals surface area contributed by atoms with Crippen molar-refractivity contribution in [1.82, 2.24) is 25.2 Å². The number of carboxylic acid groups (broad SMARTS) is 1. The minimum atomic E-state index is -1.09. The van der Waals surface area contributed by atoms with Crippen LogP contribution < -0.4 is 4.74 Å². The van der Waals surface area contributed by atoms with Crippen LogP contribution in [0.4, 0.5) is 0 Å². The van der Waals surface area contributed by atoms with E-state index in [-0.39, 0.29) is 17.3 Å². The number of hydrogen-bond acceptors (Lipinski definition) is 6. The summed E-state index contributed by atoms with van der Waals surface area (Å²) in [6.07, 6.45) is 2.62. The Morgan fingerprint density at radius 1 is 1.19 bits per heavy atom. The van der Waals surface area contributed by atoms with Crippen LogP contribution in [0, 0.1) is 0 Å². The smallest absolute Gasteiger partial charge is 0.345 e. The van der Waals surface area contributed by atoms with Gasteiger partial charge in [0.05, 0.1) is 17.4 Å². The molecule has 1 aromatic carbocycles. The highest BCUT2D eigenvalue weighted by Crippen LogP contribution is 2.21. The van der Waals surface area contributed by atoms with Gasteiger partial charge >= 0.3 is 12.0 Å². The Bertz CT molecular complexity index is 772. The molecule has 104 valence electrons. The molecule has 2 aromatic heterocycles. The topological polar surface area (TPSA) is 103 Å². The monoisotopic (exact) mass is 283 g/mol. The molecule has 0 radical (unpaired) electrons. The molecule has 0 saturated carbocycles. The van der Waals surface area contributed by atoms with Crippen molar-refractivity contribution in [2.45, 2.75) is 0 Å². The summed E-state index contributed by atoms with van der Waals surface area (Å²) < 4.78 is 6.89. The summed E-state index contributed by atoms with van der Waals surface area (Å²) in [6, 6.07) is 10.6. The molecule has 0 bridgehead atoms. The highest BCUT2D eigenvalue weighted by molar-refractivity contribution is 5.87. The Morgan fingerprint density at radius 3 is 2.76 bits per heavy atom. The van der Waals surface area contributed by atoms with Gasteiger partial charge in [-0.25, -0.2) is 4.79 Å². The number of hydrogen-bond donors (Lipinski definition) is 1. The lowest BCUT2D eigenvalue weighted by Gasteiger charge is -2.05. The Kier molecular flexibility index (Phi) is 3.26. The van der Waals surface area contributed by atoms with Crippen molar-refractivity contribution in [3.05, 3.63) is 54.4 Å². The number of carbonyl (C=O) groups is 1. The third-order valence-corrected chi connectivity index (χ3v) is 2.61. The van der Waals surface area contributed by atoms with Crippen LogP contribution in [-0.4, -0.2) is 36.3 Å². The summed E-state index contributed by atoms with van der Waals surface area (Å²) in [5, 5.41) is 20.1. The predicted molar refractivity (Wildman–Crippen MR) is 70.4 cm³/mol. The van der Waals surface area contributed by atoms with Gasteiger partial charge in [-0.2, -0.15) is 4.68 Å².